The summed E-state index contributed by atoms with van der Waals surface area (Å²) in [5, 5.41) is 4.90. The van der Waals surface area contributed by atoms with Crippen LogP contribution in [-0.4, -0.2) is 31.9 Å². The number of nitrogens with zero attached hydrogens (tertiary/aromatic N) is 4. The lowest BCUT2D eigenvalue weighted by molar-refractivity contribution is -0.128. The maximum Gasteiger partial charge on any atom is 0.223 e. The van der Waals surface area contributed by atoms with E-state index in [1.165, 1.54) is 19.3 Å². The quantitative estimate of drug-likeness (QED) is 0.827. The normalized spacial score (nSPS) is 21.7. The van der Waals surface area contributed by atoms with Crippen LogP contribution >= 0.6 is 11.6 Å². The van der Waals surface area contributed by atoms with Crippen LogP contribution in [0.3, 0.4) is 0 Å². The molecule has 2 aliphatic rings. The summed E-state index contributed by atoms with van der Waals surface area (Å²) in [5.74, 6) is 1.25. The summed E-state index contributed by atoms with van der Waals surface area (Å²) in [6.45, 7) is 3.63. The molecule has 1 atom stereocenters. The Balaban J connectivity index is 1.67. The van der Waals surface area contributed by atoms with E-state index in [4.69, 9.17) is 16.6 Å². The SMILES string of the molecule is CCCC1CC(=O)N(Cc2c(C3CCC3)nc3ccc(Cl)nn23)C1. The smallest absolute Gasteiger partial charge is 0.223 e. The number of hydrogen-bond donors (Lipinski definition) is 0. The van der Waals surface area contributed by atoms with Gasteiger partial charge in [-0.1, -0.05) is 31.4 Å². The Bertz CT molecular complexity index is 768. The van der Waals surface area contributed by atoms with Crippen molar-refractivity contribution in [1.29, 1.82) is 0 Å². The van der Waals surface area contributed by atoms with Gasteiger partial charge >= 0.3 is 0 Å². The Morgan fingerprint density at radius 3 is 2.88 bits per heavy atom. The van der Waals surface area contributed by atoms with Gasteiger partial charge in [-0.2, -0.15) is 5.10 Å². The Kier molecular flexibility index (Phi) is 4.21. The molecule has 2 aromatic heterocycles. The van der Waals surface area contributed by atoms with Crippen molar-refractivity contribution in [2.24, 2.45) is 5.92 Å². The molecule has 1 aliphatic heterocycles. The molecule has 0 N–H and O–H groups in total. The minimum absolute atomic E-state index is 0.255. The molecule has 2 aromatic rings. The second-order valence-electron chi connectivity index (χ2n) is 7.13. The van der Waals surface area contributed by atoms with Crippen LogP contribution in [0.4, 0.5) is 0 Å². The molecule has 3 heterocycles. The van der Waals surface area contributed by atoms with E-state index in [-0.39, 0.29) is 5.91 Å². The largest absolute Gasteiger partial charge is 0.336 e. The predicted octanol–water partition coefficient (Wildman–Crippen LogP) is 3.80. The highest BCUT2D eigenvalue weighted by Gasteiger charge is 2.33. The molecule has 6 heteroatoms. The molecule has 0 radical (unpaired) electrons. The number of halogens is 1. The first-order valence-electron chi connectivity index (χ1n) is 8.97. The van der Waals surface area contributed by atoms with E-state index in [1.807, 2.05) is 15.5 Å². The zero-order valence-corrected chi connectivity index (χ0v) is 14.8. The lowest BCUT2D eigenvalue weighted by Gasteiger charge is -2.25. The van der Waals surface area contributed by atoms with Gasteiger partial charge in [0.05, 0.1) is 17.9 Å². The van der Waals surface area contributed by atoms with Crippen LogP contribution in [0.15, 0.2) is 12.1 Å². The highest BCUT2D eigenvalue weighted by atomic mass is 35.5. The number of carbonyl (C=O) groups excluding carboxylic acids is 1. The van der Waals surface area contributed by atoms with Crippen molar-refractivity contribution in [3.05, 3.63) is 28.7 Å². The molecule has 1 saturated carbocycles. The first kappa shape index (κ1) is 15.9. The Morgan fingerprint density at radius 1 is 1.33 bits per heavy atom. The summed E-state index contributed by atoms with van der Waals surface area (Å²) in [6, 6.07) is 3.68. The molecule has 1 aliphatic carbocycles. The molecule has 5 nitrogen and oxygen atoms in total. The number of hydrogen-bond acceptors (Lipinski definition) is 3. The van der Waals surface area contributed by atoms with Crippen LogP contribution < -0.4 is 0 Å². The number of fused-ring (bicyclic) bond motifs is 1. The molecule has 0 spiro atoms. The lowest BCUT2D eigenvalue weighted by atomic mass is 9.82. The fourth-order valence-corrected chi connectivity index (χ4v) is 4.06. The highest BCUT2D eigenvalue weighted by Crippen LogP contribution is 2.38. The van der Waals surface area contributed by atoms with Gasteiger partial charge in [0, 0.05) is 18.9 Å². The van der Waals surface area contributed by atoms with Gasteiger partial charge in [-0.3, -0.25) is 4.79 Å². The molecule has 1 amide bonds. The molecule has 4 rings (SSSR count). The van der Waals surface area contributed by atoms with E-state index in [1.54, 1.807) is 6.07 Å². The molecule has 128 valence electrons. The molecule has 2 fully saturated rings. The highest BCUT2D eigenvalue weighted by molar-refractivity contribution is 6.29. The van der Waals surface area contributed by atoms with Crippen molar-refractivity contribution in [3.8, 4) is 0 Å². The standard InChI is InChI=1S/C18H23ClN4O/c1-2-4-12-9-17(24)22(10-12)11-14-18(13-5-3-6-13)20-16-8-7-15(19)21-23(14)16/h7-8,12-13H,2-6,9-11H2,1H3. The number of rotatable bonds is 5. The van der Waals surface area contributed by atoms with Crippen molar-refractivity contribution in [3.63, 3.8) is 0 Å². The van der Waals surface area contributed by atoms with Crippen LogP contribution in [0.2, 0.25) is 5.15 Å². The summed E-state index contributed by atoms with van der Waals surface area (Å²) < 4.78 is 1.84. The van der Waals surface area contributed by atoms with Crippen LogP contribution in [0.5, 0.6) is 0 Å². The zero-order chi connectivity index (χ0) is 16.7. The van der Waals surface area contributed by atoms with Crippen LogP contribution in [0.25, 0.3) is 5.65 Å². The maximum atomic E-state index is 12.4. The van der Waals surface area contributed by atoms with Gasteiger partial charge in [0.1, 0.15) is 5.15 Å². The average molecular weight is 347 g/mol. The number of aromatic nitrogens is 3. The number of amides is 1. The van der Waals surface area contributed by atoms with Crippen LogP contribution in [0.1, 0.15) is 62.8 Å². The Hall–Kier alpha value is -1.62. The minimum atomic E-state index is 0.255. The third kappa shape index (κ3) is 2.79. The van der Waals surface area contributed by atoms with E-state index in [0.717, 1.165) is 36.4 Å². The van der Waals surface area contributed by atoms with Crippen molar-refractivity contribution in [2.45, 2.75) is 57.9 Å². The van der Waals surface area contributed by atoms with Gasteiger partial charge in [-0.25, -0.2) is 9.50 Å². The summed E-state index contributed by atoms with van der Waals surface area (Å²) in [6.07, 6.45) is 6.54. The molecular formula is C18H23ClN4O. The van der Waals surface area contributed by atoms with Crippen LogP contribution in [0, 0.1) is 5.92 Å². The minimum Gasteiger partial charge on any atom is -0.336 e. The fraction of sp³-hybridized carbons (Fsp3) is 0.611. The number of carbonyl (C=O) groups is 1. The molecular weight excluding hydrogens is 324 g/mol. The predicted molar refractivity (Wildman–Crippen MR) is 93.0 cm³/mol. The average Bonchev–Trinajstić information content (AvgIpc) is 3.00. The zero-order valence-electron chi connectivity index (χ0n) is 14.0. The number of likely N-dealkylation sites (tertiary alicyclic amines) is 1. The van der Waals surface area contributed by atoms with E-state index in [2.05, 4.69) is 12.0 Å². The maximum absolute atomic E-state index is 12.4. The van der Waals surface area contributed by atoms with Gasteiger partial charge < -0.3 is 4.90 Å². The van der Waals surface area contributed by atoms with Crippen molar-refractivity contribution < 1.29 is 4.79 Å². The molecule has 1 saturated heterocycles. The van der Waals surface area contributed by atoms with E-state index >= 15 is 0 Å². The lowest BCUT2D eigenvalue weighted by Crippen LogP contribution is -2.27. The van der Waals surface area contributed by atoms with Gasteiger partial charge in [-0.15, -0.1) is 0 Å². The summed E-state index contributed by atoms with van der Waals surface area (Å²) >= 11 is 6.10. The third-order valence-corrected chi connectivity index (χ3v) is 5.59. The van der Waals surface area contributed by atoms with E-state index in [0.29, 0.717) is 30.0 Å². The third-order valence-electron chi connectivity index (χ3n) is 5.39. The Morgan fingerprint density at radius 2 is 2.17 bits per heavy atom. The van der Waals surface area contributed by atoms with Gasteiger partial charge in [-0.05, 0) is 37.3 Å². The fourth-order valence-electron chi connectivity index (χ4n) is 3.92. The first-order valence-corrected chi connectivity index (χ1v) is 9.35. The summed E-state index contributed by atoms with van der Waals surface area (Å²) in [7, 11) is 0. The molecule has 24 heavy (non-hydrogen) atoms. The van der Waals surface area contributed by atoms with Gasteiger partial charge in [0.15, 0.2) is 5.65 Å². The topological polar surface area (TPSA) is 50.5 Å². The van der Waals surface area contributed by atoms with Crippen molar-refractivity contribution in [2.75, 3.05) is 6.54 Å². The van der Waals surface area contributed by atoms with Crippen LogP contribution in [-0.2, 0) is 11.3 Å². The summed E-state index contributed by atoms with van der Waals surface area (Å²) in [4.78, 5) is 19.2. The van der Waals surface area contributed by atoms with E-state index in [9.17, 15) is 4.79 Å². The van der Waals surface area contributed by atoms with Crippen molar-refractivity contribution >= 4 is 23.2 Å². The Labute approximate surface area is 147 Å². The summed E-state index contributed by atoms with van der Waals surface area (Å²) in [5.41, 5.74) is 2.98. The van der Waals surface area contributed by atoms with Gasteiger partial charge in [0.2, 0.25) is 5.91 Å². The molecule has 1 unspecified atom stereocenters. The second-order valence-corrected chi connectivity index (χ2v) is 7.52. The van der Waals surface area contributed by atoms with Crippen molar-refractivity contribution in [1.82, 2.24) is 19.5 Å². The number of imidazole rings is 1. The second kappa shape index (κ2) is 6.36. The van der Waals surface area contributed by atoms with Gasteiger partial charge in [0.25, 0.3) is 0 Å². The first-order chi connectivity index (χ1) is 11.7. The molecule has 0 bridgehead atoms. The van der Waals surface area contributed by atoms with E-state index < -0.39 is 0 Å². The molecule has 0 aromatic carbocycles. The monoisotopic (exact) mass is 346 g/mol.